The van der Waals surface area contributed by atoms with Gasteiger partial charge >= 0.3 is 12.1 Å². The maximum Gasteiger partial charge on any atom is 0.435 e. The van der Waals surface area contributed by atoms with Crippen LogP contribution in [0.3, 0.4) is 0 Å². The number of alkyl halides is 3. The number of aromatic nitrogens is 3. The lowest BCUT2D eigenvalue weighted by molar-refractivity contribution is -0.147. The van der Waals surface area contributed by atoms with Crippen LogP contribution >= 0.6 is 0 Å². The predicted molar refractivity (Wildman–Crippen MR) is 64.6 cm³/mol. The summed E-state index contributed by atoms with van der Waals surface area (Å²) in [6.07, 6.45) is -4.98. The third kappa shape index (κ3) is 3.31. The van der Waals surface area contributed by atoms with Gasteiger partial charge in [0.25, 0.3) is 0 Å². The predicted octanol–water partition coefficient (Wildman–Crippen LogP) is 1.42. The molecule has 1 amide bonds. The van der Waals surface area contributed by atoms with Crippen molar-refractivity contribution < 1.29 is 27.9 Å². The zero-order valence-corrected chi connectivity index (χ0v) is 11.7. The molecule has 0 bridgehead atoms. The van der Waals surface area contributed by atoms with Gasteiger partial charge in [0.1, 0.15) is 6.04 Å². The van der Waals surface area contributed by atoms with E-state index < -0.39 is 35.5 Å². The van der Waals surface area contributed by atoms with Crippen LogP contribution < -0.4 is 0 Å². The van der Waals surface area contributed by atoms with E-state index >= 15 is 0 Å². The Bertz CT molecular complexity index is 537. The summed E-state index contributed by atoms with van der Waals surface area (Å²) in [5.41, 5.74) is -2.76. The molecule has 10 heteroatoms. The first-order valence-electron chi connectivity index (χ1n) is 6.19. The minimum atomic E-state index is -4.98. The van der Waals surface area contributed by atoms with E-state index in [-0.39, 0.29) is 0 Å². The van der Waals surface area contributed by atoms with Crippen molar-refractivity contribution in [2.45, 2.75) is 33.0 Å². The lowest BCUT2D eigenvalue weighted by atomic mass is 10.2. The summed E-state index contributed by atoms with van der Waals surface area (Å²) in [7, 11) is 0. The summed E-state index contributed by atoms with van der Waals surface area (Å²) in [5.74, 6) is -2.44. The molecule has 0 aromatic carbocycles. The first-order chi connectivity index (χ1) is 9.65. The number of rotatable bonds is 5. The number of halogens is 3. The Morgan fingerprint density at radius 3 is 2.24 bits per heavy atom. The Morgan fingerprint density at radius 1 is 1.33 bits per heavy atom. The van der Waals surface area contributed by atoms with Gasteiger partial charge in [-0.15, -0.1) is 5.10 Å². The first-order valence-corrected chi connectivity index (χ1v) is 6.19. The van der Waals surface area contributed by atoms with Crippen molar-refractivity contribution in [3.05, 3.63) is 11.4 Å². The van der Waals surface area contributed by atoms with Gasteiger partial charge in [-0.3, -0.25) is 4.79 Å². The zero-order chi connectivity index (χ0) is 16.4. The number of carbonyl (C=O) groups is 2. The summed E-state index contributed by atoms with van der Waals surface area (Å²) >= 11 is 0. The van der Waals surface area contributed by atoms with Crippen molar-refractivity contribution >= 4 is 11.9 Å². The molecule has 1 aromatic heterocycles. The van der Waals surface area contributed by atoms with Crippen molar-refractivity contribution in [2.24, 2.45) is 0 Å². The molecule has 0 saturated heterocycles. The summed E-state index contributed by atoms with van der Waals surface area (Å²) in [4.78, 5) is 24.2. The standard InChI is InChI=1S/C11H15F3N4O3/c1-4-17(5-2)9(19)6(3)18-8(11(12,13)14)7(10(20)21)15-16-18/h6H,4-5H2,1-3H3,(H,20,21). The molecule has 0 spiro atoms. The lowest BCUT2D eigenvalue weighted by Gasteiger charge is -2.24. The van der Waals surface area contributed by atoms with Crippen LogP contribution in [0, 0.1) is 0 Å². The maximum absolute atomic E-state index is 13.0. The van der Waals surface area contributed by atoms with Gasteiger partial charge in [0, 0.05) is 13.1 Å². The SMILES string of the molecule is CCN(CC)C(=O)C(C)n1nnc(C(=O)O)c1C(F)(F)F. The van der Waals surface area contributed by atoms with E-state index in [1.54, 1.807) is 13.8 Å². The van der Waals surface area contributed by atoms with Crippen LogP contribution in [-0.2, 0) is 11.0 Å². The Hall–Kier alpha value is -2.13. The van der Waals surface area contributed by atoms with E-state index in [0.29, 0.717) is 17.8 Å². The van der Waals surface area contributed by atoms with Crippen LogP contribution in [0.25, 0.3) is 0 Å². The molecule has 0 fully saturated rings. The normalized spacial score (nSPS) is 13.0. The second-order valence-electron chi connectivity index (χ2n) is 4.22. The molecule has 0 aliphatic carbocycles. The Balaban J connectivity index is 3.31. The lowest BCUT2D eigenvalue weighted by Crippen LogP contribution is -2.37. The van der Waals surface area contributed by atoms with Gasteiger partial charge < -0.3 is 10.0 Å². The monoisotopic (exact) mass is 308 g/mol. The summed E-state index contributed by atoms with van der Waals surface area (Å²) in [6, 6.07) is -1.30. The van der Waals surface area contributed by atoms with Crippen molar-refractivity contribution in [1.29, 1.82) is 0 Å². The molecule has 1 heterocycles. The fourth-order valence-corrected chi connectivity index (χ4v) is 1.88. The average Bonchev–Trinajstić information content (AvgIpc) is 2.83. The molecule has 0 radical (unpaired) electrons. The minimum absolute atomic E-state index is 0.310. The van der Waals surface area contributed by atoms with Crippen molar-refractivity contribution in [1.82, 2.24) is 19.9 Å². The molecule has 1 aromatic rings. The number of carbonyl (C=O) groups excluding carboxylic acids is 1. The molecule has 7 nitrogen and oxygen atoms in total. The number of carboxylic acids is 1. The smallest absolute Gasteiger partial charge is 0.435 e. The number of likely N-dealkylation sites (N-methyl/N-ethyl adjacent to an activating group) is 1. The van der Waals surface area contributed by atoms with Crippen molar-refractivity contribution in [3.63, 3.8) is 0 Å². The highest BCUT2D eigenvalue weighted by Gasteiger charge is 2.43. The summed E-state index contributed by atoms with van der Waals surface area (Å²) in [6.45, 7) is 5.23. The van der Waals surface area contributed by atoms with Gasteiger partial charge in [-0.1, -0.05) is 5.21 Å². The minimum Gasteiger partial charge on any atom is -0.476 e. The van der Waals surface area contributed by atoms with Crippen LogP contribution in [0.4, 0.5) is 13.2 Å². The van der Waals surface area contributed by atoms with E-state index in [2.05, 4.69) is 10.3 Å². The molecule has 1 atom stereocenters. The van der Waals surface area contributed by atoms with E-state index in [4.69, 9.17) is 5.11 Å². The van der Waals surface area contributed by atoms with Crippen LogP contribution in [0.15, 0.2) is 0 Å². The molecule has 0 aliphatic heterocycles. The Morgan fingerprint density at radius 2 is 1.86 bits per heavy atom. The second-order valence-corrected chi connectivity index (χ2v) is 4.22. The topological polar surface area (TPSA) is 88.3 Å². The van der Waals surface area contributed by atoms with Gasteiger partial charge in [-0.05, 0) is 20.8 Å². The molecular formula is C11H15F3N4O3. The molecular weight excluding hydrogens is 293 g/mol. The zero-order valence-electron chi connectivity index (χ0n) is 11.7. The highest BCUT2D eigenvalue weighted by atomic mass is 19.4. The first kappa shape index (κ1) is 16.9. The molecule has 1 unspecified atom stereocenters. The summed E-state index contributed by atoms with van der Waals surface area (Å²) in [5, 5.41) is 15.0. The van der Waals surface area contributed by atoms with Crippen LogP contribution in [0.1, 0.15) is 43.0 Å². The maximum atomic E-state index is 13.0. The molecule has 1 rings (SSSR count). The highest BCUT2D eigenvalue weighted by molar-refractivity contribution is 5.87. The van der Waals surface area contributed by atoms with Gasteiger partial charge in [0.05, 0.1) is 0 Å². The van der Waals surface area contributed by atoms with Gasteiger partial charge in [-0.25, -0.2) is 9.48 Å². The average molecular weight is 308 g/mol. The van der Waals surface area contributed by atoms with Crippen LogP contribution in [0.2, 0.25) is 0 Å². The summed E-state index contributed by atoms with van der Waals surface area (Å²) < 4.78 is 39.3. The molecule has 21 heavy (non-hydrogen) atoms. The Labute approximate surface area is 118 Å². The highest BCUT2D eigenvalue weighted by Crippen LogP contribution is 2.33. The number of nitrogens with zero attached hydrogens (tertiary/aromatic N) is 4. The van der Waals surface area contributed by atoms with Gasteiger partial charge in [0.15, 0.2) is 5.69 Å². The Kier molecular flexibility index (Phi) is 4.92. The number of aromatic carboxylic acids is 1. The fraction of sp³-hybridized carbons (Fsp3) is 0.636. The number of amides is 1. The molecule has 0 saturated carbocycles. The third-order valence-electron chi connectivity index (χ3n) is 2.96. The number of hydrogen-bond acceptors (Lipinski definition) is 4. The third-order valence-corrected chi connectivity index (χ3v) is 2.96. The van der Waals surface area contributed by atoms with E-state index in [1.807, 2.05) is 0 Å². The number of hydrogen-bond donors (Lipinski definition) is 1. The van der Waals surface area contributed by atoms with Crippen LogP contribution in [0.5, 0.6) is 0 Å². The van der Waals surface area contributed by atoms with E-state index in [0.717, 1.165) is 0 Å². The van der Waals surface area contributed by atoms with E-state index in [1.165, 1.54) is 11.8 Å². The molecule has 118 valence electrons. The largest absolute Gasteiger partial charge is 0.476 e. The van der Waals surface area contributed by atoms with Crippen LogP contribution in [-0.4, -0.2) is 50.0 Å². The van der Waals surface area contributed by atoms with Crippen molar-refractivity contribution in [3.8, 4) is 0 Å². The van der Waals surface area contributed by atoms with Gasteiger partial charge in [-0.2, -0.15) is 13.2 Å². The van der Waals surface area contributed by atoms with E-state index in [9.17, 15) is 22.8 Å². The molecule has 1 N–H and O–H groups in total. The van der Waals surface area contributed by atoms with Gasteiger partial charge in [0.2, 0.25) is 11.6 Å². The number of carboxylic acid groups (broad SMARTS) is 1. The fourth-order valence-electron chi connectivity index (χ4n) is 1.88. The molecule has 0 aliphatic rings. The van der Waals surface area contributed by atoms with Crippen molar-refractivity contribution in [2.75, 3.05) is 13.1 Å². The second kappa shape index (κ2) is 6.10. The quantitative estimate of drug-likeness (QED) is 0.889.